The predicted molar refractivity (Wildman–Crippen MR) is 79.2 cm³/mol. The van der Waals surface area contributed by atoms with E-state index < -0.39 is 0 Å². The Kier molecular flexibility index (Phi) is 6.53. The van der Waals surface area contributed by atoms with Gasteiger partial charge in [-0.2, -0.15) is 0 Å². The van der Waals surface area contributed by atoms with Crippen LogP contribution in [0.4, 0.5) is 0 Å². The Balaban J connectivity index is 2.75. The van der Waals surface area contributed by atoms with E-state index >= 15 is 0 Å². The van der Waals surface area contributed by atoms with Crippen molar-refractivity contribution < 1.29 is 0 Å². The molecule has 1 heterocycles. The van der Waals surface area contributed by atoms with Crippen molar-refractivity contribution in [2.75, 3.05) is 6.54 Å². The third kappa shape index (κ3) is 4.27. The number of nitrogens with one attached hydrogen (secondary N) is 1. The Morgan fingerprint density at radius 1 is 1.41 bits per heavy atom. The van der Waals surface area contributed by atoms with Crippen molar-refractivity contribution in [1.29, 1.82) is 0 Å². The Morgan fingerprint density at radius 3 is 2.59 bits per heavy atom. The summed E-state index contributed by atoms with van der Waals surface area (Å²) < 4.78 is 0. The first kappa shape index (κ1) is 15.0. The standard InChI is InChI=1S/C14H24ClNS/c1-5-7-10(3)8-12(16-6-2)14-13(15)11(4)9-17-14/h9-10,12,16H,5-8H2,1-4H3. The predicted octanol–water partition coefficient (Wildman–Crippen LogP) is 5.19. The molecule has 0 aliphatic heterocycles. The van der Waals surface area contributed by atoms with E-state index in [4.69, 9.17) is 11.6 Å². The van der Waals surface area contributed by atoms with Crippen molar-refractivity contribution >= 4 is 22.9 Å². The first-order valence-corrected chi connectivity index (χ1v) is 7.82. The molecule has 1 N–H and O–H groups in total. The van der Waals surface area contributed by atoms with E-state index in [1.807, 2.05) is 0 Å². The largest absolute Gasteiger partial charge is 0.309 e. The van der Waals surface area contributed by atoms with E-state index in [1.54, 1.807) is 11.3 Å². The maximum atomic E-state index is 6.37. The molecule has 1 rings (SSSR count). The van der Waals surface area contributed by atoms with Gasteiger partial charge in [0.25, 0.3) is 0 Å². The highest BCUT2D eigenvalue weighted by molar-refractivity contribution is 7.10. The molecule has 0 aliphatic rings. The monoisotopic (exact) mass is 273 g/mol. The summed E-state index contributed by atoms with van der Waals surface area (Å²) in [5.74, 6) is 0.752. The maximum absolute atomic E-state index is 6.37. The molecule has 1 aromatic heterocycles. The molecule has 0 aromatic carbocycles. The van der Waals surface area contributed by atoms with Gasteiger partial charge < -0.3 is 5.32 Å². The van der Waals surface area contributed by atoms with Gasteiger partial charge in [0.05, 0.1) is 5.02 Å². The summed E-state index contributed by atoms with van der Waals surface area (Å²) in [7, 11) is 0. The Labute approximate surface area is 115 Å². The molecule has 98 valence electrons. The molecular formula is C14H24ClNS. The fourth-order valence-corrected chi connectivity index (χ4v) is 3.64. The molecule has 2 atom stereocenters. The van der Waals surface area contributed by atoms with Crippen molar-refractivity contribution in [3.05, 3.63) is 20.8 Å². The third-order valence-corrected chi connectivity index (χ3v) is 4.94. The van der Waals surface area contributed by atoms with Gasteiger partial charge in [0, 0.05) is 10.9 Å². The van der Waals surface area contributed by atoms with E-state index in [9.17, 15) is 0 Å². The maximum Gasteiger partial charge on any atom is 0.0590 e. The molecule has 17 heavy (non-hydrogen) atoms. The SMILES string of the molecule is CCCC(C)CC(NCC)c1scc(C)c1Cl. The van der Waals surface area contributed by atoms with Gasteiger partial charge in [0.2, 0.25) is 0 Å². The summed E-state index contributed by atoms with van der Waals surface area (Å²) in [6.45, 7) is 9.83. The summed E-state index contributed by atoms with van der Waals surface area (Å²) >= 11 is 8.16. The van der Waals surface area contributed by atoms with Gasteiger partial charge in [-0.15, -0.1) is 11.3 Å². The highest BCUT2D eigenvalue weighted by Crippen LogP contribution is 2.35. The Bertz CT molecular complexity index is 335. The zero-order valence-electron chi connectivity index (χ0n) is 11.3. The lowest BCUT2D eigenvalue weighted by Gasteiger charge is -2.21. The number of halogens is 1. The average molecular weight is 274 g/mol. The average Bonchev–Trinajstić information content (AvgIpc) is 2.60. The van der Waals surface area contributed by atoms with Gasteiger partial charge in [-0.1, -0.05) is 45.2 Å². The van der Waals surface area contributed by atoms with E-state index in [0.717, 1.165) is 17.5 Å². The Hall–Kier alpha value is -0.0500. The van der Waals surface area contributed by atoms with Crippen LogP contribution < -0.4 is 5.32 Å². The number of thiophene rings is 1. The van der Waals surface area contributed by atoms with E-state index in [-0.39, 0.29) is 0 Å². The van der Waals surface area contributed by atoms with Gasteiger partial charge in [-0.05, 0) is 36.8 Å². The lowest BCUT2D eigenvalue weighted by molar-refractivity contribution is 0.399. The van der Waals surface area contributed by atoms with Crippen LogP contribution in [0.2, 0.25) is 5.02 Å². The molecule has 3 heteroatoms. The fourth-order valence-electron chi connectivity index (χ4n) is 2.23. The van der Waals surface area contributed by atoms with Crippen molar-refractivity contribution in [2.24, 2.45) is 5.92 Å². The number of aryl methyl sites for hydroxylation is 1. The lowest BCUT2D eigenvalue weighted by Crippen LogP contribution is -2.22. The van der Waals surface area contributed by atoms with E-state index in [0.29, 0.717) is 6.04 Å². The molecule has 0 aliphatic carbocycles. The van der Waals surface area contributed by atoms with Crippen molar-refractivity contribution in [1.82, 2.24) is 5.32 Å². The van der Waals surface area contributed by atoms with Crippen molar-refractivity contribution in [2.45, 2.75) is 53.0 Å². The molecule has 0 amide bonds. The van der Waals surface area contributed by atoms with Gasteiger partial charge in [-0.3, -0.25) is 0 Å². The molecule has 0 spiro atoms. The van der Waals surface area contributed by atoms with Crippen LogP contribution in [0.1, 0.15) is 56.5 Å². The van der Waals surface area contributed by atoms with Gasteiger partial charge >= 0.3 is 0 Å². The summed E-state index contributed by atoms with van der Waals surface area (Å²) in [5, 5.41) is 6.69. The number of hydrogen-bond donors (Lipinski definition) is 1. The van der Waals surface area contributed by atoms with Crippen LogP contribution in [-0.2, 0) is 0 Å². The zero-order valence-corrected chi connectivity index (χ0v) is 12.9. The second-order valence-electron chi connectivity index (χ2n) is 4.84. The smallest absolute Gasteiger partial charge is 0.0590 e. The molecule has 0 saturated carbocycles. The second kappa shape index (κ2) is 7.40. The molecule has 0 bridgehead atoms. The van der Waals surface area contributed by atoms with Crippen molar-refractivity contribution in [3.8, 4) is 0 Å². The second-order valence-corrected chi connectivity index (χ2v) is 6.13. The van der Waals surface area contributed by atoms with Crippen LogP contribution in [-0.4, -0.2) is 6.54 Å². The first-order valence-electron chi connectivity index (χ1n) is 6.56. The fraction of sp³-hybridized carbons (Fsp3) is 0.714. The van der Waals surface area contributed by atoms with E-state index in [1.165, 1.54) is 29.7 Å². The molecular weight excluding hydrogens is 250 g/mol. The van der Waals surface area contributed by atoms with Gasteiger partial charge in [0.15, 0.2) is 0 Å². The molecule has 1 aromatic rings. The van der Waals surface area contributed by atoms with Crippen molar-refractivity contribution in [3.63, 3.8) is 0 Å². The normalized spacial score (nSPS) is 14.9. The molecule has 0 radical (unpaired) electrons. The first-order chi connectivity index (χ1) is 8.10. The summed E-state index contributed by atoms with van der Waals surface area (Å²) in [6.07, 6.45) is 3.74. The van der Waals surface area contributed by atoms with Crippen LogP contribution in [0, 0.1) is 12.8 Å². The number of rotatable bonds is 7. The van der Waals surface area contributed by atoms with Gasteiger partial charge in [0.1, 0.15) is 0 Å². The zero-order chi connectivity index (χ0) is 12.8. The summed E-state index contributed by atoms with van der Waals surface area (Å²) in [4.78, 5) is 1.31. The topological polar surface area (TPSA) is 12.0 Å². The minimum atomic E-state index is 0.424. The lowest BCUT2D eigenvalue weighted by atomic mass is 9.96. The molecule has 0 saturated heterocycles. The minimum absolute atomic E-state index is 0.424. The number of hydrogen-bond acceptors (Lipinski definition) is 2. The van der Waals surface area contributed by atoms with Crippen LogP contribution in [0.25, 0.3) is 0 Å². The minimum Gasteiger partial charge on any atom is -0.309 e. The quantitative estimate of drug-likeness (QED) is 0.721. The van der Waals surface area contributed by atoms with Crippen LogP contribution in [0.5, 0.6) is 0 Å². The third-order valence-electron chi connectivity index (χ3n) is 3.11. The highest BCUT2D eigenvalue weighted by atomic mass is 35.5. The van der Waals surface area contributed by atoms with Crippen LogP contribution in [0.15, 0.2) is 5.38 Å². The van der Waals surface area contributed by atoms with Crippen LogP contribution in [0.3, 0.4) is 0 Å². The van der Waals surface area contributed by atoms with Gasteiger partial charge in [-0.25, -0.2) is 0 Å². The summed E-state index contributed by atoms with van der Waals surface area (Å²) in [5.41, 5.74) is 1.21. The molecule has 1 nitrogen and oxygen atoms in total. The highest BCUT2D eigenvalue weighted by Gasteiger charge is 2.19. The summed E-state index contributed by atoms with van der Waals surface area (Å²) in [6, 6.07) is 0.424. The van der Waals surface area contributed by atoms with E-state index in [2.05, 4.69) is 38.4 Å². The Morgan fingerprint density at radius 2 is 2.12 bits per heavy atom. The van der Waals surface area contributed by atoms with Crippen LogP contribution >= 0.6 is 22.9 Å². The molecule has 0 fully saturated rings. The molecule has 2 unspecified atom stereocenters.